The monoisotopic (exact) mass is 516 g/mol. The van der Waals surface area contributed by atoms with Crippen LogP contribution in [0, 0.1) is 5.92 Å². The summed E-state index contributed by atoms with van der Waals surface area (Å²) in [5.74, 6) is 1.58. The number of rotatable bonds is 9. The fourth-order valence-corrected chi connectivity index (χ4v) is 6.96. The van der Waals surface area contributed by atoms with E-state index in [1.807, 2.05) is 67.9 Å². The number of amides is 1. The third-order valence-corrected chi connectivity index (χ3v) is 9.76. The van der Waals surface area contributed by atoms with E-state index in [0.29, 0.717) is 42.7 Å². The van der Waals surface area contributed by atoms with Crippen LogP contribution < -0.4 is 14.8 Å². The van der Waals surface area contributed by atoms with Crippen LogP contribution in [-0.4, -0.2) is 55.7 Å². The van der Waals surface area contributed by atoms with E-state index in [0.717, 1.165) is 24.0 Å². The first-order chi connectivity index (χ1) is 17.0. The van der Waals surface area contributed by atoms with Crippen LogP contribution in [0.15, 0.2) is 42.5 Å². The van der Waals surface area contributed by atoms with Crippen LogP contribution in [0.4, 0.5) is 0 Å². The number of piperidine rings is 1. The second kappa shape index (κ2) is 11.8. The highest BCUT2D eigenvalue weighted by atomic mass is 31.2. The van der Waals surface area contributed by atoms with Crippen molar-refractivity contribution < 1.29 is 23.4 Å². The van der Waals surface area contributed by atoms with E-state index in [1.54, 1.807) is 14.2 Å². The Balaban J connectivity index is 1.67. The lowest BCUT2D eigenvalue weighted by Gasteiger charge is -2.42. The molecule has 8 heteroatoms. The molecule has 3 rings (SSSR count). The van der Waals surface area contributed by atoms with E-state index in [1.165, 1.54) is 0 Å². The summed E-state index contributed by atoms with van der Waals surface area (Å²) in [6.45, 7) is 11.8. The standard InChI is InChI=1S/C28H41N2O5P/c1-20(2)19-35-36(32,28(3,4)5)30-13-11-24(12-14-30)29-27(31)22-10-8-9-21(15-22)23-16-25(33-6)18-26(17-23)34-7/h8-10,15-18,20,24H,11-14,19H2,1-7H3,(H,29,31). The Morgan fingerprint density at radius 1 is 1.03 bits per heavy atom. The molecule has 1 atom stereocenters. The van der Waals surface area contributed by atoms with Gasteiger partial charge in [0, 0.05) is 30.8 Å². The third kappa shape index (κ3) is 6.70. The van der Waals surface area contributed by atoms with Crippen molar-refractivity contribution in [1.29, 1.82) is 0 Å². The lowest BCUT2D eigenvalue weighted by Crippen LogP contribution is -2.45. The van der Waals surface area contributed by atoms with Crippen LogP contribution in [0.3, 0.4) is 0 Å². The first-order valence-corrected chi connectivity index (χ1v) is 14.2. The van der Waals surface area contributed by atoms with Gasteiger partial charge in [-0.1, -0.05) is 26.0 Å². The predicted molar refractivity (Wildman–Crippen MR) is 145 cm³/mol. The zero-order valence-electron chi connectivity index (χ0n) is 22.7. The van der Waals surface area contributed by atoms with E-state index in [-0.39, 0.29) is 11.9 Å². The summed E-state index contributed by atoms with van der Waals surface area (Å²) in [4.78, 5) is 13.1. The fraction of sp³-hybridized carbons (Fsp3) is 0.536. The minimum absolute atomic E-state index is 0.0211. The Kier molecular flexibility index (Phi) is 9.26. The van der Waals surface area contributed by atoms with Gasteiger partial charge in [0.05, 0.1) is 26.0 Å². The molecule has 198 valence electrons. The van der Waals surface area contributed by atoms with Crippen molar-refractivity contribution in [3.8, 4) is 22.6 Å². The first-order valence-electron chi connectivity index (χ1n) is 12.6. The number of ether oxygens (including phenoxy) is 2. The van der Waals surface area contributed by atoms with Gasteiger partial charge in [-0.2, -0.15) is 0 Å². The van der Waals surface area contributed by atoms with Gasteiger partial charge in [-0.25, -0.2) is 4.67 Å². The number of carbonyl (C=O) groups excluding carboxylic acids is 1. The second-order valence-corrected chi connectivity index (χ2v) is 14.0. The lowest BCUT2D eigenvalue weighted by molar-refractivity contribution is 0.0920. The van der Waals surface area contributed by atoms with Crippen LogP contribution in [0.1, 0.15) is 57.8 Å². The van der Waals surface area contributed by atoms with Crippen LogP contribution >= 0.6 is 7.52 Å². The molecule has 0 aromatic heterocycles. The molecular formula is C28H41N2O5P. The number of carbonyl (C=O) groups is 1. The van der Waals surface area contributed by atoms with Crippen molar-refractivity contribution in [2.24, 2.45) is 5.92 Å². The molecule has 1 aliphatic rings. The molecule has 0 spiro atoms. The average Bonchev–Trinajstić information content (AvgIpc) is 2.86. The number of nitrogens with one attached hydrogen (secondary N) is 1. The largest absolute Gasteiger partial charge is 0.497 e. The normalized spacial score (nSPS) is 17.0. The van der Waals surface area contributed by atoms with Crippen LogP contribution in [-0.2, 0) is 9.09 Å². The molecule has 1 saturated heterocycles. The number of benzene rings is 2. The fourth-order valence-electron chi connectivity index (χ4n) is 4.31. The Bertz CT molecular complexity index is 1070. The maximum Gasteiger partial charge on any atom is 0.277 e. The molecule has 1 heterocycles. The van der Waals surface area contributed by atoms with Gasteiger partial charge in [-0.05, 0) is 74.9 Å². The van der Waals surface area contributed by atoms with Gasteiger partial charge >= 0.3 is 0 Å². The number of nitrogens with zero attached hydrogens (tertiary/aromatic N) is 1. The summed E-state index contributed by atoms with van der Waals surface area (Å²) in [6, 6.07) is 13.2. The van der Waals surface area contributed by atoms with Crippen molar-refractivity contribution in [3.05, 3.63) is 48.0 Å². The molecule has 0 saturated carbocycles. The minimum Gasteiger partial charge on any atom is -0.497 e. The van der Waals surface area contributed by atoms with Crippen molar-refractivity contribution in [2.45, 2.75) is 58.7 Å². The van der Waals surface area contributed by atoms with E-state index >= 15 is 0 Å². The molecule has 1 N–H and O–H groups in total. The SMILES string of the molecule is COc1cc(OC)cc(-c2cccc(C(=O)NC3CCN(P(=O)(OCC(C)C)C(C)(C)C)CC3)c2)c1. The molecule has 0 aliphatic carbocycles. The molecule has 0 radical (unpaired) electrons. The quantitative estimate of drug-likeness (QED) is 0.398. The average molecular weight is 517 g/mol. The number of methoxy groups -OCH3 is 2. The Labute approximate surface area is 216 Å². The van der Waals surface area contributed by atoms with Crippen LogP contribution in [0.2, 0.25) is 0 Å². The van der Waals surface area contributed by atoms with Crippen molar-refractivity contribution in [1.82, 2.24) is 9.99 Å². The van der Waals surface area contributed by atoms with E-state index in [9.17, 15) is 9.36 Å². The summed E-state index contributed by atoms with van der Waals surface area (Å²) in [7, 11) is 0.226. The summed E-state index contributed by atoms with van der Waals surface area (Å²) < 4.78 is 32.7. The smallest absolute Gasteiger partial charge is 0.277 e. The van der Waals surface area contributed by atoms with Gasteiger partial charge in [-0.3, -0.25) is 9.36 Å². The van der Waals surface area contributed by atoms with Crippen LogP contribution in [0.25, 0.3) is 11.1 Å². The van der Waals surface area contributed by atoms with Gasteiger partial charge in [0.25, 0.3) is 13.4 Å². The molecule has 1 fully saturated rings. The van der Waals surface area contributed by atoms with Crippen molar-refractivity contribution >= 4 is 13.4 Å². The number of hydrogen-bond donors (Lipinski definition) is 1. The Morgan fingerprint density at radius 3 is 2.17 bits per heavy atom. The summed E-state index contributed by atoms with van der Waals surface area (Å²) in [5, 5.41) is 2.70. The maximum atomic E-state index is 13.9. The summed E-state index contributed by atoms with van der Waals surface area (Å²) in [6.07, 6.45) is 1.45. The maximum absolute atomic E-state index is 13.9. The lowest BCUT2D eigenvalue weighted by atomic mass is 10.0. The molecule has 1 unspecified atom stereocenters. The summed E-state index contributed by atoms with van der Waals surface area (Å²) >= 11 is 0. The van der Waals surface area contributed by atoms with Gasteiger partial charge in [0.1, 0.15) is 11.5 Å². The number of hydrogen-bond acceptors (Lipinski definition) is 5. The molecule has 36 heavy (non-hydrogen) atoms. The highest BCUT2D eigenvalue weighted by Crippen LogP contribution is 2.62. The molecule has 1 amide bonds. The van der Waals surface area contributed by atoms with Crippen molar-refractivity contribution in [2.75, 3.05) is 33.9 Å². The van der Waals surface area contributed by atoms with Gasteiger partial charge in [0.2, 0.25) is 0 Å². The Hall–Kier alpha value is -2.34. The van der Waals surface area contributed by atoms with E-state index < -0.39 is 12.7 Å². The topological polar surface area (TPSA) is 77.1 Å². The van der Waals surface area contributed by atoms with E-state index in [2.05, 4.69) is 19.2 Å². The van der Waals surface area contributed by atoms with Crippen molar-refractivity contribution in [3.63, 3.8) is 0 Å². The molecular weight excluding hydrogens is 475 g/mol. The molecule has 2 aromatic rings. The van der Waals surface area contributed by atoms with Gasteiger partial charge in [0.15, 0.2) is 0 Å². The highest BCUT2D eigenvalue weighted by molar-refractivity contribution is 7.58. The molecule has 0 bridgehead atoms. The predicted octanol–water partition coefficient (Wildman–Crippen LogP) is 6.23. The minimum atomic E-state index is -3.01. The van der Waals surface area contributed by atoms with Crippen LogP contribution in [0.5, 0.6) is 11.5 Å². The third-order valence-electron chi connectivity index (χ3n) is 6.42. The first kappa shape index (κ1) is 28.2. The molecule has 7 nitrogen and oxygen atoms in total. The molecule has 1 aliphatic heterocycles. The molecule has 2 aromatic carbocycles. The summed E-state index contributed by atoms with van der Waals surface area (Å²) in [5.41, 5.74) is 2.41. The Morgan fingerprint density at radius 2 is 1.64 bits per heavy atom. The van der Waals surface area contributed by atoms with Gasteiger partial charge in [-0.15, -0.1) is 0 Å². The zero-order chi connectivity index (χ0) is 26.5. The zero-order valence-corrected chi connectivity index (χ0v) is 23.6. The second-order valence-electron chi connectivity index (χ2n) is 10.8. The van der Waals surface area contributed by atoms with E-state index in [4.69, 9.17) is 14.0 Å². The highest BCUT2D eigenvalue weighted by Gasteiger charge is 2.45. The van der Waals surface area contributed by atoms with Gasteiger partial charge < -0.3 is 19.3 Å².